The normalized spacial score (nSPS) is 11.4. The summed E-state index contributed by atoms with van der Waals surface area (Å²) >= 11 is 0. The van der Waals surface area contributed by atoms with Crippen LogP contribution in [-0.4, -0.2) is 47.8 Å². The molecule has 0 rings (SSSR count). The SMILES string of the molecule is C=C(CC(CCCC)(CCCC)CCCC)C(=O)[O-].C=C(CC(CCCC)(CCCC)CCCC)C(=O)[O-].C=C(CC(CCCC)(CCCC)CCCC)C(=O)[O-].C=C(CC(CCCC)(CCCC)CCCC)C(=O)[O-].[Sn+4]. The maximum absolute atomic E-state index is 11.0. The fourth-order valence-corrected chi connectivity index (χ4v) is 11.3. The van der Waals surface area contributed by atoms with Crippen LogP contribution in [0.25, 0.3) is 0 Å². The monoisotopic (exact) mass is 1190 g/mol. The zero-order chi connectivity index (χ0) is 58.9. The quantitative estimate of drug-likeness (QED) is 0.0430. The van der Waals surface area contributed by atoms with Crippen LogP contribution in [0.15, 0.2) is 48.6 Å². The molecule has 0 aliphatic heterocycles. The molecule has 0 aromatic heterocycles. The van der Waals surface area contributed by atoms with Gasteiger partial charge in [-0.2, -0.15) is 0 Å². The molecule has 0 heterocycles. The van der Waals surface area contributed by atoms with Crippen LogP contribution in [0.5, 0.6) is 0 Å². The van der Waals surface area contributed by atoms with E-state index in [0.717, 1.165) is 154 Å². The van der Waals surface area contributed by atoms with Gasteiger partial charge in [-0.1, -0.05) is 264 Å². The first-order chi connectivity index (χ1) is 36.0. The van der Waals surface area contributed by atoms with Gasteiger partial charge in [-0.05, 0) is 147 Å². The molecule has 0 fully saturated rings. The smallest absolute Gasteiger partial charge is 0.545 e. The minimum Gasteiger partial charge on any atom is -0.545 e. The summed E-state index contributed by atoms with van der Waals surface area (Å²) in [6, 6.07) is 0. The first-order valence-corrected chi connectivity index (χ1v) is 31.6. The van der Waals surface area contributed by atoms with Gasteiger partial charge in [0.05, 0.1) is 23.9 Å². The van der Waals surface area contributed by atoms with E-state index in [1.807, 2.05) is 0 Å². The average Bonchev–Trinajstić information content (AvgIpc) is 3.40. The summed E-state index contributed by atoms with van der Waals surface area (Å²) in [4.78, 5) is 44.0. The first kappa shape index (κ1) is 83.5. The van der Waals surface area contributed by atoms with Crippen LogP contribution in [0.3, 0.4) is 0 Å². The van der Waals surface area contributed by atoms with Gasteiger partial charge in [0.25, 0.3) is 0 Å². The Hall–Kier alpha value is -2.36. The standard InChI is InChI=1S/4C17H32O2.Sn/c4*1-5-8-11-17(12-9-6-2,13-10-7-3)14-15(4)16(18)19;/h4*4-14H2,1-3H3,(H,18,19);/q;;;;+4/p-4. The van der Waals surface area contributed by atoms with E-state index in [0.29, 0.717) is 25.7 Å². The fraction of sp³-hybridized carbons (Fsp3) is 0.824. The van der Waals surface area contributed by atoms with Gasteiger partial charge in [0.1, 0.15) is 0 Å². The Balaban J connectivity index is -0.000000298. The molecular weight excluding hydrogens is 1060 g/mol. The largest absolute Gasteiger partial charge is 4.00 e. The molecule has 9 heteroatoms. The van der Waals surface area contributed by atoms with Crippen LogP contribution in [0.4, 0.5) is 0 Å². The Bertz CT molecular complexity index is 1220. The van der Waals surface area contributed by atoms with Crippen molar-refractivity contribution in [3.8, 4) is 0 Å². The summed E-state index contributed by atoms with van der Waals surface area (Å²) in [5, 5.41) is 44.0. The van der Waals surface area contributed by atoms with E-state index in [4.69, 9.17) is 0 Å². The number of unbranched alkanes of at least 4 members (excludes halogenated alkanes) is 12. The second kappa shape index (κ2) is 53.0. The molecule has 8 nitrogen and oxygen atoms in total. The molecule has 0 amide bonds. The third kappa shape index (κ3) is 43.1. The molecule has 0 N–H and O–H groups in total. The van der Waals surface area contributed by atoms with Crippen molar-refractivity contribution in [1.29, 1.82) is 0 Å². The number of rotatable bonds is 48. The predicted molar refractivity (Wildman–Crippen MR) is 325 cm³/mol. The van der Waals surface area contributed by atoms with Crippen molar-refractivity contribution in [3.05, 3.63) is 48.6 Å². The molecular formula is C68H124O8Sn. The second-order valence-corrected chi connectivity index (χ2v) is 23.5. The number of aliphatic carboxylic acids is 4. The Kier molecular flexibility index (Phi) is 57.4. The molecule has 0 atom stereocenters. The van der Waals surface area contributed by atoms with Crippen LogP contribution < -0.4 is 20.4 Å². The predicted octanol–water partition coefficient (Wildman–Crippen LogP) is 16.6. The van der Waals surface area contributed by atoms with Gasteiger partial charge in [0.2, 0.25) is 0 Å². The molecule has 0 radical (unpaired) electrons. The van der Waals surface area contributed by atoms with E-state index in [2.05, 4.69) is 109 Å². The summed E-state index contributed by atoms with van der Waals surface area (Å²) in [5.74, 6) is -4.30. The van der Waals surface area contributed by atoms with Gasteiger partial charge in [0.15, 0.2) is 0 Å². The molecule has 0 aromatic carbocycles. The van der Waals surface area contributed by atoms with E-state index in [9.17, 15) is 39.6 Å². The molecule has 0 spiro atoms. The number of hydrogen-bond acceptors (Lipinski definition) is 8. The van der Waals surface area contributed by atoms with Gasteiger partial charge in [-0.25, -0.2) is 0 Å². The first-order valence-electron chi connectivity index (χ1n) is 31.6. The van der Waals surface area contributed by atoms with E-state index in [-0.39, 0.29) is 67.9 Å². The van der Waals surface area contributed by atoms with Gasteiger partial charge >= 0.3 is 23.9 Å². The Labute approximate surface area is 494 Å². The number of hydrogen-bond donors (Lipinski definition) is 0. The zero-order valence-electron chi connectivity index (χ0n) is 52.9. The van der Waals surface area contributed by atoms with Crippen molar-refractivity contribution < 1.29 is 39.6 Å². The van der Waals surface area contributed by atoms with Crippen LogP contribution >= 0.6 is 0 Å². The Morgan fingerprint density at radius 3 is 0.403 bits per heavy atom. The molecule has 0 aliphatic rings. The zero-order valence-corrected chi connectivity index (χ0v) is 55.7. The van der Waals surface area contributed by atoms with Crippen molar-refractivity contribution in [2.45, 2.75) is 340 Å². The molecule has 0 bridgehead atoms. The summed E-state index contributed by atoms with van der Waals surface area (Å²) < 4.78 is 0. The van der Waals surface area contributed by atoms with E-state index in [1.54, 1.807) is 0 Å². The minimum atomic E-state index is -1.08. The van der Waals surface area contributed by atoms with Crippen LogP contribution in [0.1, 0.15) is 340 Å². The number of carbonyl (C=O) groups is 4. The van der Waals surface area contributed by atoms with Gasteiger partial charge in [0, 0.05) is 0 Å². The average molecular weight is 1190 g/mol. The third-order valence-electron chi connectivity index (χ3n) is 16.2. The maximum Gasteiger partial charge on any atom is 4.00 e. The summed E-state index contributed by atoms with van der Waals surface area (Å²) in [7, 11) is 0. The second-order valence-electron chi connectivity index (χ2n) is 23.5. The molecule has 0 aromatic rings. The van der Waals surface area contributed by atoms with Crippen LogP contribution in [0.2, 0.25) is 0 Å². The summed E-state index contributed by atoms with van der Waals surface area (Å²) in [6.07, 6.45) is 43.9. The van der Waals surface area contributed by atoms with Crippen molar-refractivity contribution in [3.63, 3.8) is 0 Å². The molecule has 448 valence electrons. The van der Waals surface area contributed by atoms with E-state index in [1.165, 1.54) is 77.0 Å². The van der Waals surface area contributed by atoms with Crippen molar-refractivity contribution >= 4 is 47.8 Å². The number of carboxylic acid groups (broad SMARTS) is 4. The van der Waals surface area contributed by atoms with E-state index < -0.39 is 23.9 Å². The topological polar surface area (TPSA) is 161 Å². The van der Waals surface area contributed by atoms with Gasteiger partial charge in [-0.15, -0.1) is 0 Å². The fourth-order valence-electron chi connectivity index (χ4n) is 11.3. The van der Waals surface area contributed by atoms with Gasteiger partial charge in [-0.3, -0.25) is 0 Å². The molecule has 0 aliphatic carbocycles. The summed E-state index contributed by atoms with van der Waals surface area (Å²) in [6.45, 7) is 41.1. The van der Waals surface area contributed by atoms with Crippen molar-refractivity contribution in [2.24, 2.45) is 21.7 Å². The van der Waals surface area contributed by atoms with Gasteiger partial charge < -0.3 is 39.6 Å². The molecule has 0 saturated heterocycles. The molecule has 0 saturated carbocycles. The Morgan fingerprint density at radius 1 is 0.247 bits per heavy atom. The van der Waals surface area contributed by atoms with Crippen molar-refractivity contribution in [1.82, 2.24) is 0 Å². The van der Waals surface area contributed by atoms with E-state index >= 15 is 0 Å². The van der Waals surface area contributed by atoms with Crippen molar-refractivity contribution in [2.75, 3.05) is 0 Å². The molecule has 77 heavy (non-hydrogen) atoms. The Morgan fingerprint density at radius 2 is 0.338 bits per heavy atom. The van der Waals surface area contributed by atoms with Crippen LogP contribution in [-0.2, 0) is 19.2 Å². The molecule has 0 unspecified atom stereocenters. The third-order valence-corrected chi connectivity index (χ3v) is 16.2. The van der Waals surface area contributed by atoms with Crippen LogP contribution in [0, 0.1) is 21.7 Å². The minimum absolute atomic E-state index is 0. The summed E-state index contributed by atoms with van der Waals surface area (Å²) in [5.41, 5.74) is 1.68. The number of carboxylic acids is 4. The maximum atomic E-state index is 11.0. The number of carbonyl (C=O) groups excluding carboxylic acids is 4.